The lowest BCUT2D eigenvalue weighted by molar-refractivity contribution is -0.121. The van der Waals surface area contributed by atoms with Crippen molar-refractivity contribution in [1.82, 2.24) is 5.43 Å². The molecule has 0 unspecified atom stereocenters. The second-order valence-corrected chi connectivity index (χ2v) is 8.04. The Bertz CT molecular complexity index is 494. The summed E-state index contributed by atoms with van der Waals surface area (Å²) in [7, 11) is 0. The highest BCUT2D eigenvalue weighted by atomic mass is 32.2. The minimum absolute atomic E-state index is 0.0134. The van der Waals surface area contributed by atoms with Crippen LogP contribution >= 0.6 is 23.5 Å². The Morgan fingerprint density at radius 2 is 2.05 bits per heavy atom. The first-order valence-electron chi connectivity index (χ1n) is 6.49. The number of benzene rings is 1. The molecule has 0 aromatic heterocycles. The van der Waals surface area contributed by atoms with Gasteiger partial charge < -0.3 is 0 Å². The largest absolute Gasteiger partial charge is 0.273 e. The number of thioether (sulfide) groups is 2. The van der Waals surface area contributed by atoms with Gasteiger partial charge in [-0.2, -0.15) is 5.10 Å². The molecule has 106 valence electrons. The highest BCUT2D eigenvalue weighted by molar-refractivity contribution is 8.21. The number of hydrogen-bond acceptors (Lipinski definition) is 4. The fourth-order valence-electron chi connectivity index (χ4n) is 1.86. The Balaban J connectivity index is 1.73. The van der Waals surface area contributed by atoms with Crippen LogP contribution in [0, 0.1) is 0 Å². The van der Waals surface area contributed by atoms with Crippen LogP contribution in [-0.4, -0.2) is 27.7 Å². The molecule has 2 rings (SSSR count). The molecule has 0 aliphatic carbocycles. The van der Waals surface area contributed by atoms with Gasteiger partial charge in [0.25, 0.3) is 0 Å². The van der Waals surface area contributed by atoms with Crippen molar-refractivity contribution in [1.29, 1.82) is 0 Å². The maximum Gasteiger partial charge on any atom is 0.242 e. The molecule has 1 amide bonds. The van der Waals surface area contributed by atoms with Gasteiger partial charge in [0.15, 0.2) is 0 Å². The second kappa shape index (κ2) is 7.55. The summed E-state index contributed by atoms with van der Waals surface area (Å²) in [4.78, 5) is 11.8. The number of amides is 1. The van der Waals surface area contributed by atoms with Crippen LogP contribution in [0.3, 0.4) is 0 Å². The molecule has 1 aromatic rings. The van der Waals surface area contributed by atoms with Gasteiger partial charge in [0.05, 0.1) is 10.5 Å². The second-order valence-electron chi connectivity index (χ2n) is 4.59. The van der Waals surface area contributed by atoms with Crippen LogP contribution in [0.15, 0.2) is 41.5 Å². The Morgan fingerprint density at radius 1 is 1.35 bits per heavy atom. The average Bonchev–Trinajstić information content (AvgIpc) is 2.86. The average molecular weight is 306 g/mol. The lowest BCUT2D eigenvalue weighted by Crippen LogP contribution is -2.26. The van der Waals surface area contributed by atoms with Crippen molar-refractivity contribution in [2.75, 3.05) is 11.5 Å². The van der Waals surface area contributed by atoms with Crippen molar-refractivity contribution in [3.63, 3.8) is 0 Å². The van der Waals surface area contributed by atoms with E-state index in [0.717, 1.165) is 17.1 Å². The molecule has 1 aliphatic rings. The molecule has 1 aromatic carbocycles. The summed E-state index contributed by atoms with van der Waals surface area (Å²) in [6.45, 7) is 2.12. The summed E-state index contributed by atoms with van der Waals surface area (Å²) in [5, 5.41) is 3.93. The number of carbonyl (C=O) groups excluding carboxylic acids is 1. The molecule has 0 saturated carbocycles. The predicted molar refractivity (Wildman–Crippen MR) is 90.0 cm³/mol. The zero-order valence-corrected chi connectivity index (χ0v) is 13.0. The van der Waals surface area contributed by atoms with E-state index in [2.05, 4.69) is 17.5 Å². The first-order chi connectivity index (χ1) is 9.68. The summed E-state index contributed by atoms with van der Waals surface area (Å²) in [6.07, 6.45) is 5.86. The van der Waals surface area contributed by atoms with Crippen LogP contribution in [0.5, 0.6) is 0 Å². The van der Waals surface area contributed by atoms with Crippen molar-refractivity contribution in [2.24, 2.45) is 5.10 Å². The molecule has 1 heterocycles. The topological polar surface area (TPSA) is 41.5 Å². The summed E-state index contributed by atoms with van der Waals surface area (Å²) in [5.74, 6) is 2.22. The van der Waals surface area contributed by atoms with Crippen LogP contribution in [0.4, 0.5) is 0 Å². The van der Waals surface area contributed by atoms with E-state index in [4.69, 9.17) is 0 Å². The molecular weight excluding hydrogens is 288 g/mol. The molecule has 1 aliphatic heterocycles. The minimum Gasteiger partial charge on any atom is -0.273 e. The minimum atomic E-state index is -0.0289. The maximum atomic E-state index is 11.8. The quantitative estimate of drug-likeness (QED) is 0.670. The fourth-order valence-corrected chi connectivity index (χ4v) is 4.69. The molecule has 3 nitrogen and oxygen atoms in total. The van der Waals surface area contributed by atoms with Gasteiger partial charge in [-0.15, -0.1) is 23.5 Å². The number of rotatable bonds is 5. The van der Waals surface area contributed by atoms with E-state index in [-0.39, 0.29) is 9.99 Å². The van der Waals surface area contributed by atoms with Gasteiger partial charge in [0.1, 0.15) is 0 Å². The lowest BCUT2D eigenvalue weighted by Gasteiger charge is -2.19. The lowest BCUT2D eigenvalue weighted by atomic mass is 10.2. The monoisotopic (exact) mass is 306 g/mol. The molecule has 0 radical (unpaired) electrons. The third-order valence-electron chi connectivity index (χ3n) is 2.82. The highest BCUT2D eigenvalue weighted by Gasteiger charge is 2.32. The number of carbonyl (C=O) groups is 1. The number of nitrogens with zero attached hydrogens (tertiary/aromatic N) is 1. The molecule has 0 bridgehead atoms. The Labute approximate surface area is 128 Å². The van der Waals surface area contributed by atoms with Gasteiger partial charge in [-0.25, -0.2) is 5.43 Å². The Hall–Kier alpha value is -1.20. The Morgan fingerprint density at radius 3 is 2.75 bits per heavy atom. The first kappa shape index (κ1) is 15.2. The van der Waals surface area contributed by atoms with Crippen molar-refractivity contribution in [2.45, 2.75) is 17.4 Å². The van der Waals surface area contributed by atoms with Gasteiger partial charge >= 0.3 is 0 Å². The molecule has 0 spiro atoms. The van der Waals surface area contributed by atoms with Crippen LogP contribution in [0.25, 0.3) is 6.08 Å². The zero-order chi connectivity index (χ0) is 14.3. The predicted octanol–water partition coefficient (Wildman–Crippen LogP) is 3.39. The first-order valence-corrected chi connectivity index (χ1v) is 8.47. The van der Waals surface area contributed by atoms with Gasteiger partial charge in [0, 0.05) is 17.7 Å². The van der Waals surface area contributed by atoms with Crippen molar-refractivity contribution >= 4 is 41.7 Å². The molecule has 0 atom stereocenters. The Kier molecular flexibility index (Phi) is 5.73. The summed E-state index contributed by atoms with van der Waals surface area (Å²) < 4.78 is 0.0134. The summed E-state index contributed by atoms with van der Waals surface area (Å²) >= 11 is 3.70. The molecule has 1 N–H and O–H groups in total. The molecular formula is C15H18N2OS2. The molecule has 20 heavy (non-hydrogen) atoms. The smallest absolute Gasteiger partial charge is 0.242 e. The molecule has 1 saturated heterocycles. The fraction of sp³-hybridized carbons (Fsp3) is 0.333. The van der Waals surface area contributed by atoms with E-state index in [9.17, 15) is 4.79 Å². The van der Waals surface area contributed by atoms with Crippen LogP contribution < -0.4 is 5.43 Å². The van der Waals surface area contributed by atoms with E-state index in [0.29, 0.717) is 6.42 Å². The van der Waals surface area contributed by atoms with Crippen molar-refractivity contribution in [3.05, 3.63) is 42.0 Å². The van der Waals surface area contributed by atoms with Crippen LogP contribution in [0.2, 0.25) is 0 Å². The van der Waals surface area contributed by atoms with E-state index in [1.54, 1.807) is 6.21 Å². The maximum absolute atomic E-state index is 11.8. The number of hydrogen-bond donors (Lipinski definition) is 1. The zero-order valence-electron chi connectivity index (χ0n) is 11.4. The van der Waals surface area contributed by atoms with Gasteiger partial charge in [-0.1, -0.05) is 36.4 Å². The number of nitrogens with one attached hydrogen (secondary N) is 1. The normalized spacial score (nSPS) is 17.9. The third-order valence-corrected chi connectivity index (χ3v) is 6.11. The van der Waals surface area contributed by atoms with E-state index < -0.39 is 0 Å². The standard InChI is InChI=1S/C15H18N2OS2/c1-15(19-10-11-20-15)12-14(18)17-16-9-5-8-13-6-3-2-4-7-13/h2-9H,10-12H2,1H3,(H,17,18)/b8-5+,16-9-. The molecule has 5 heteroatoms. The van der Waals surface area contributed by atoms with Crippen LogP contribution in [0.1, 0.15) is 18.9 Å². The van der Waals surface area contributed by atoms with Gasteiger partial charge in [-0.05, 0) is 18.6 Å². The van der Waals surface area contributed by atoms with E-state index >= 15 is 0 Å². The van der Waals surface area contributed by atoms with E-state index in [1.807, 2.05) is 66.0 Å². The third kappa shape index (κ3) is 5.06. The van der Waals surface area contributed by atoms with Crippen molar-refractivity contribution < 1.29 is 4.79 Å². The van der Waals surface area contributed by atoms with Crippen LogP contribution in [-0.2, 0) is 4.79 Å². The number of allylic oxidation sites excluding steroid dienone is 1. The van der Waals surface area contributed by atoms with Crippen molar-refractivity contribution in [3.8, 4) is 0 Å². The van der Waals surface area contributed by atoms with Gasteiger partial charge in [0.2, 0.25) is 5.91 Å². The summed E-state index contributed by atoms with van der Waals surface area (Å²) in [6, 6.07) is 9.97. The number of hydrazone groups is 1. The SMILES string of the molecule is CC1(CC(=O)N/N=C\C=C\c2ccccc2)SCCS1. The highest BCUT2D eigenvalue weighted by Crippen LogP contribution is 2.45. The van der Waals surface area contributed by atoms with Gasteiger partial charge in [-0.3, -0.25) is 4.79 Å². The summed E-state index contributed by atoms with van der Waals surface area (Å²) in [5.41, 5.74) is 3.68. The van der Waals surface area contributed by atoms with E-state index in [1.165, 1.54) is 0 Å². The molecule has 1 fully saturated rings.